The van der Waals surface area contributed by atoms with E-state index in [0.29, 0.717) is 5.92 Å². The number of aliphatic carboxylic acids is 1. The van der Waals surface area contributed by atoms with Crippen LogP contribution in [0.25, 0.3) is 0 Å². The van der Waals surface area contributed by atoms with Crippen molar-refractivity contribution in [2.45, 2.75) is 50.9 Å². The Balaban J connectivity index is 1.95. The topological polar surface area (TPSA) is 63.1 Å². The Labute approximate surface area is 100 Å². The minimum Gasteiger partial charge on any atom is -0.481 e. The van der Waals surface area contributed by atoms with Crippen LogP contribution < -0.4 is 0 Å². The molecule has 1 aromatic rings. The Morgan fingerprint density at radius 2 is 2.12 bits per heavy atom. The van der Waals surface area contributed by atoms with Gasteiger partial charge in [-0.25, -0.2) is 9.97 Å². The molecule has 0 spiro atoms. The normalized spacial score (nSPS) is 22.5. The third-order valence-electron chi connectivity index (χ3n) is 3.73. The lowest BCUT2D eigenvalue weighted by atomic mass is 9.98. The van der Waals surface area contributed by atoms with Crippen LogP contribution in [0.2, 0.25) is 0 Å². The Bertz CT molecular complexity index is 481. The molecule has 1 fully saturated rings. The molecule has 0 aromatic carbocycles. The minimum atomic E-state index is -0.728. The Hall–Kier alpha value is -1.45. The van der Waals surface area contributed by atoms with Crippen LogP contribution in [-0.4, -0.2) is 21.0 Å². The first-order chi connectivity index (χ1) is 8.15. The summed E-state index contributed by atoms with van der Waals surface area (Å²) in [5.74, 6) is 0.944. The molecule has 4 heteroatoms. The molecule has 1 N–H and O–H groups in total. The summed E-state index contributed by atoms with van der Waals surface area (Å²) in [6, 6.07) is 0. The molecule has 3 rings (SSSR count). The number of fused-ring (bicyclic) bond motifs is 1. The van der Waals surface area contributed by atoms with Crippen LogP contribution >= 0.6 is 0 Å². The molecule has 4 nitrogen and oxygen atoms in total. The average molecular weight is 232 g/mol. The van der Waals surface area contributed by atoms with Crippen molar-refractivity contribution >= 4 is 5.97 Å². The summed E-state index contributed by atoms with van der Waals surface area (Å²) in [7, 11) is 0. The van der Waals surface area contributed by atoms with E-state index in [1.807, 2.05) is 6.92 Å². The summed E-state index contributed by atoms with van der Waals surface area (Å²) in [6.07, 6.45) is 4.44. The number of carbonyl (C=O) groups is 1. The summed E-state index contributed by atoms with van der Waals surface area (Å²) in [5, 5.41) is 8.90. The van der Waals surface area contributed by atoms with Gasteiger partial charge in [0.2, 0.25) is 0 Å². The van der Waals surface area contributed by atoms with Crippen molar-refractivity contribution in [1.82, 2.24) is 9.97 Å². The van der Waals surface area contributed by atoms with E-state index in [9.17, 15) is 4.79 Å². The number of hydrogen-bond acceptors (Lipinski definition) is 3. The third-order valence-corrected chi connectivity index (χ3v) is 3.73. The summed E-state index contributed by atoms with van der Waals surface area (Å²) in [4.78, 5) is 20.0. The highest BCUT2D eigenvalue weighted by Gasteiger charge is 2.32. The summed E-state index contributed by atoms with van der Waals surface area (Å²) < 4.78 is 0. The summed E-state index contributed by atoms with van der Waals surface area (Å²) >= 11 is 0. The highest BCUT2D eigenvalue weighted by atomic mass is 16.4. The molecule has 1 aromatic heterocycles. The summed E-state index contributed by atoms with van der Waals surface area (Å²) in [5.41, 5.74) is 3.21. The maximum atomic E-state index is 10.8. The van der Waals surface area contributed by atoms with Gasteiger partial charge < -0.3 is 5.11 Å². The smallest absolute Gasteiger partial charge is 0.303 e. The highest BCUT2D eigenvalue weighted by Crippen LogP contribution is 2.41. The van der Waals surface area contributed by atoms with E-state index in [-0.39, 0.29) is 12.3 Å². The Morgan fingerprint density at radius 1 is 1.35 bits per heavy atom. The van der Waals surface area contributed by atoms with Gasteiger partial charge in [0.1, 0.15) is 5.82 Å². The first-order valence-electron chi connectivity index (χ1n) is 6.24. The van der Waals surface area contributed by atoms with Crippen LogP contribution in [0.1, 0.15) is 60.3 Å². The first-order valence-corrected chi connectivity index (χ1v) is 6.24. The van der Waals surface area contributed by atoms with E-state index >= 15 is 0 Å². The van der Waals surface area contributed by atoms with Gasteiger partial charge >= 0.3 is 5.97 Å². The molecule has 17 heavy (non-hydrogen) atoms. The highest BCUT2D eigenvalue weighted by molar-refractivity contribution is 5.68. The van der Waals surface area contributed by atoms with E-state index in [1.165, 1.54) is 12.8 Å². The second-order valence-corrected chi connectivity index (χ2v) is 5.14. The van der Waals surface area contributed by atoms with Crippen molar-refractivity contribution in [1.29, 1.82) is 0 Å². The van der Waals surface area contributed by atoms with Gasteiger partial charge in [0.15, 0.2) is 0 Å². The molecule has 0 bridgehead atoms. The largest absolute Gasteiger partial charge is 0.481 e. The van der Waals surface area contributed by atoms with Gasteiger partial charge in [0, 0.05) is 17.3 Å². The molecule has 0 aliphatic heterocycles. The van der Waals surface area contributed by atoms with Crippen molar-refractivity contribution < 1.29 is 9.90 Å². The Morgan fingerprint density at radius 3 is 2.76 bits per heavy atom. The lowest BCUT2D eigenvalue weighted by molar-refractivity contribution is -0.137. The number of rotatable bonds is 3. The number of aromatic nitrogens is 2. The zero-order valence-electron chi connectivity index (χ0n) is 9.94. The van der Waals surface area contributed by atoms with Crippen molar-refractivity contribution in [3.8, 4) is 0 Å². The van der Waals surface area contributed by atoms with Crippen molar-refractivity contribution in [3.05, 3.63) is 22.8 Å². The second kappa shape index (κ2) is 3.79. The fourth-order valence-corrected chi connectivity index (χ4v) is 2.78. The van der Waals surface area contributed by atoms with Gasteiger partial charge in [-0.3, -0.25) is 4.79 Å². The molecular weight excluding hydrogens is 216 g/mol. The molecule has 2 aliphatic carbocycles. The van der Waals surface area contributed by atoms with E-state index < -0.39 is 5.97 Å². The maximum Gasteiger partial charge on any atom is 0.303 e. The number of hydrogen-bond donors (Lipinski definition) is 1. The molecule has 0 radical (unpaired) electrons. The van der Waals surface area contributed by atoms with Gasteiger partial charge in [0.25, 0.3) is 0 Å². The molecule has 90 valence electrons. The maximum absolute atomic E-state index is 10.8. The van der Waals surface area contributed by atoms with Crippen molar-refractivity contribution in [2.75, 3.05) is 0 Å². The first kappa shape index (κ1) is 10.7. The van der Waals surface area contributed by atoms with E-state index in [1.54, 1.807) is 0 Å². The lowest BCUT2D eigenvalue weighted by Gasteiger charge is -2.11. The molecule has 1 heterocycles. The van der Waals surface area contributed by atoms with Crippen LogP contribution in [0.4, 0.5) is 0 Å². The molecule has 1 saturated carbocycles. The van der Waals surface area contributed by atoms with E-state index in [4.69, 9.17) is 5.11 Å². The molecule has 2 aliphatic rings. The number of carboxylic acids is 1. The third kappa shape index (κ3) is 1.92. The second-order valence-electron chi connectivity index (χ2n) is 5.14. The number of carboxylic acid groups (broad SMARTS) is 1. The van der Waals surface area contributed by atoms with Crippen LogP contribution in [-0.2, 0) is 11.2 Å². The molecular formula is C13H16N2O2. The van der Waals surface area contributed by atoms with Crippen LogP contribution in [0.3, 0.4) is 0 Å². The van der Waals surface area contributed by atoms with E-state index in [0.717, 1.165) is 35.6 Å². The SMILES string of the molecule is Cc1nc(C2CC2)nc2c1C(CC(=O)O)CC2. The standard InChI is InChI=1S/C13H16N2O2/c1-7-12-9(6-11(16)17)4-5-10(12)15-13(14-7)8-2-3-8/h8-9H,2-6H2,1H3,(H,16,17). The van der Waals surface area contributed by atoms with E-state index in [2.05, 4.69) is 9.97 Å². The average Bonchev–Trinajstić information content (AvgIpc) is 3.02. The van der Waals surface area contributed by atoms with Gasteiger partial charge in [-0.05, 0) is 44.1 Å². The fraction of sp³-hybridized carbons (Fsp3) is 0.615. The van der Waals surface area contributed by atoms with Gasteiger partial charge in [-0.15, -0.1) is 0 Å². The number of aryl methyl sites for hydroxylation is 2. The van der Waals surface area contributed by atoms with Crippen LogP contribution in [0.5, 0.6) is 0 Å². The zero-order chi connectivity index (χ0) is 12.0. The molecule has 1 unspecified atom stereocenters. The minimum absolute atomic E-state index is 0.121. The van der Waals surface area contributed by atoms with Gasteiger partial charge in [-0.1, -0.05) is 0 Å². The zero-order valence-corrected chi connectivity index (χ0v) is 9.94. The predicted molar refractivity (Wildman–Crippen MR) is 62.1 cm³/mol. The Kier molecular flexibility index (Phi) is 2.38. The van der Waals surface area contributed by atoms with Crippen molar-refractivity contribution in [3.63, 3.8) is 0 Å². The molecule has 0 saturated heterocycles. The monoisotopic (exact) mass is 232 g/mol. The molecule has 1 atom stereocenters. The summed E-state index contributed by atoms with van der Waals surface area (Å²) in [6.45, 7) is 1.99. The molecule has 0 amide bonds. The quantitative estimate of drug-likeness (QED) is 0.867. The van der Waals surface area contributed by atoms with Gasteiger partial charge in [-0.2, -0.15) is 0 Å². The lowest BCUT2D eigenvalue weighted by Crippen LogP contribution is -2.07. The van der Waals surface area contributed by atoms with Gasteiger partial charge in [0.05, 0.1) is 6.42 Å². The van der Waals surface area contributed by atoms with Crippen molar-refractivity contribution in [2.24, 2.45) is 0 Å². The van der Waals surface area contributed by atoms with Crippen LogP contribution in [0.15, 0.2) is 0 Å². The fourth-order valence-electron chi connectivity index (χ4n) is 2.78. The number of nitrogens with zero attached hydrogens (tertiary/aromatic N) is 2. The van der Waals surface area contributed by atoms with Crippen LogP contribution in [0, 0.1) is 6.92 Å². The predicted octanol–water partition coefficient (Wildman–Crippen LogP) is 2.17.